The fourth-order valence-electron chi connectivity index (χ4n) is 5.54. The van der Waals surface area contributed by atoms with Crippen molar-refractivity contribution in [3.63, 3.8) is 0 Å². The number of aliphatic imine (C=N–C) groups is 1. The van der Waals surface area contributed by atoms with E-state index in [1.807, 2.05) is 123 Å². The number of amides is 1. The topological polar surface area (TPSA) is 41.9 Å². The highest BCUT2D eigenvalue weighted by Gasteiger charge is 2.40. The SMILES string of the molecule is Cc1ccc(C(=C(C(=Nc2ccc(C(F)(F)F)cc2)N2C(=O)OC[C@@H]2c2ccccc2)c2ccccc2)c2ccc(C)cc2)cc1. The molecule has 1 aliphatic heterocycles. The Kier molecular flexibility index (Phi) is 8.57. The van der Waals surface area contributed by atoms with Crippen molar-refractivity contribution < 1.29 is 22.7 Å². The lowest BCUT2D eigenvalue weighted by atomic mass is 9.87. The van der Waals surface area contributed by atoms with E-state index in [-0.39, 0.29) is 18.1 Å². The van der Waals surface area contributed by atoms with Crippen LogP contribution in [-0.4, -0.2) is 23.4 Å². The van der Waals surface area contributed by atoms with Gasteiger partial charge in [0.15, 0.2) is 0 Å². The summed E-state index contributed by atoms with van der Waals surface area (Å²) in [7, 11) is 0. The Morgan fingerprint density at radius 3 is 1.74 bits per heavy atom. The lowest BCUT2D eigenvalue weighted by molar-refractivity contribution is -0.137. The van der Waals surface area contributed by atoms with Crippen LogP contribution in [0.4, 0.5) is 23.7 Å². The number of carbonyl (C=O) groups is 1. The van der Waals surface area contributed by atoms with Crippen molar-refractivity contribution in [1.29, 1.82) is 0 Å². The van der Waals surface area contributed by atoms with Gasteiger partial charge in [-0.25, -0.2) is 14.7 Å². The molecule has 7 heteroatoms. The fraction of sp³-hybridized carbons (Fsp3) is 0.128. The van der Waals surface area contributed by atoms with E-state index < -0.39 is 23.9 Å². The van der Waals surface area contributed by atoms with Crippen molar-refractivity contribution in [3.05, 3.63) is 172 Å². The van der Waals surface area contributed by atoms with Crippen LogP contribution in [0.5, 0.6) is 0 Å². The van der Waals surface area contributed by atoms with Crippen molar-refractivity contribution in [2.75, 3.05) is 6.61 Å². The molecule has 230 valence electrons. The number of carbonyl (C=O) groups excluding carboxylic acids is 1. The molecule has 1 atom stereocenters. The smallest absolute Gasteiger partial charge is 0.416 e. The molecule has 1 amide bonds. The number of nitrogens with zero attached hydrogens (tertiary/aromatic N) is 2. The van der Waals surface area contributed by atoms with Crippen LogP contribution in [0.25, 0.3) is 11.1 Å². The van der Waals surface area contributed by atoms with E-state index in [0.717, 1.165) is 51.1 Å². The highest BCUT2D eigenvalue weighted by molar-refractivity contribution is 6.34. The van der Waals surface area contributed by atoms with Gasteiger partial charge in [-0.05, 0) is 60.4 Å². The average molecular weight is 617 g/mol. The number of alkyl halides is 3. The number of ether oxygens (including phenoxy) is 1. The van der Waals surface area contributed by atoms with Crippen LogP contribution in [0.1, 0.15) is 45.0 Å². The van der Waals surface area contributed by atoms with Gasteiger partial charge < -0.3 is 4.74 Å². The van der Waals surface area contributed by atoms with E-state index >= 15 is 0 Å². The second-order valence-electron chi connectivity index (χ2n) is 11.2. The molecule has 0 saturated carbocycles. The molecule has 5 aromatic carbocycles. The molecule has 0 N–H and O–H groups in total. The Morgan fingerprint density at radius 2 is 1.22 bits per heavy atom. The standard InChI is InChI=1S/C39H31F3N2O2/c1-26-13-17-30(18-14-26)35(31-19-15-27(2)16-20-31)36(29-11-7-4-8-12-29)37(43-33-23-21-32(22-24-33)39(40,41)42)44-34(25-46-38(44)45)28-9-5-3-6-10-28/h3-24,34H,25H2,1-2H3/t34-/m1/s1. The summed E-state index contributed by atoms with van der Waals surface area (Å²) in [5.74, 6) is 0.262. The van der Waals surface area contributed by atoms with Crippen LogP contribution < -0.4 is 0 Å². The third kappa shape index (κ3) is 6.49. The van der Waals surface area contributed by atoms with E-state index in [9.17, 15) is 18.0 Å². The van der Waals surface area contributed by atoms with Crippen molar-refractivity contribution in [1.82, 2.24) is 4.90 Å². The summed E-state index contributed by atoms with van der Waals surface area (Å²) in [5, 5.41) is 0. The van der Waals surface area contributed by atoms with Gasteiger partial charge in [0.25, 0.3) is 0 Å². The summed E-state index contributed by atoms with van der Waals surface area (Å²) in [5.41, 5.74) is 6.47. The molecule has 0 unspecified atom stereocenters. The van der Waals surface area contributed by atoms with Gasteiger partial charge in [0.2, 0.25) is 0 Å². The third-order valence-corrected chi connectivity index (χ3v) is 7.93. The molecule has 0 radical (unpaired) electrons. The minimum atomic E-state index is -4.50. The molecule has 0 aliphatic carbocycles. The number of halogens is 3. The molecule has 1 aliphatic rings. The summed E-state index contributed by atoms with van der Waals surface area (Å²) < 4.78 is 46.1. The van der Waals surface area contributed by atoms with Crippen molar-refractivity contribution in [3.8, 4) is 0 Å². The summed E-state index contributed by atoms with van der Waals surface area (Å²) >= 11 is 0. The molecule has 0 bridgehead atoms. The van der Waals surface area contributed by atoms with Crippen molar-refractivity contribution >= 4 is 28.8 Å². The van der Waals surface area contributed by atoms with E-state index in [4.69, 9.17) is 9.73 Å². The molecular weight excluding hydrogens is 585 g/mol. The van der Waals surface area contributed by atoms with E-state index in [1.165, 1.54) is 17.0 Å². The van der Waals surface area contributed by atoms with Gasteiger partial charge in [-0.3, -0.25) is 0 Å². The van der Waals surface area contributed by atoms with Crippen LogP contribution in [-0.2, 0) is 10.9 Å². The number of hydrogen-bond acceptors (Lipinski definition) is 3. The summed E-state index contributed by atoms with van der Waals surface area (Å²) in [6.07, 6.45) is -5.10. The largest absolute Gasteiger partial charge is 0.447 e. The monoisotopic (exact) mass is 616 g/mol. The van der Waals surface area contributed by atoms with Crippen LogP contribution in [0.15, 0.2) is 138 Å². The van der Waals surface area contributed by atoms with Gasteiger partial charge in [-0.15, -0.1) is 0 Å². The van der Waals surface area contributed by atoms with Crippen molar-refractivity contribution in [2.45, 2.75) is 26.1 Å². The van der Waals surface area contributed by atoms with E-state index in [0.29, 0.717) is 5.57 Å². The number of aryl methyl sites for hydroxylation is 2. The second-order valence-corrected chi connectivity index (χ2v) is 11.2. The summed E-state index contributed by atoms with van der Waals surface area (Å²) in [6.45, 7) is 4.11. The van der Waals surface area contributed by atoms with E-state index in [2.05, 4.69) is 0 Å². The number of benzene rings is 5. The van der Waals surface area contributed by atoms with Crippen molar-refractivity contribution in [2.24, 2.45) is 4.99 Å². The maximum Gasteiger partial charge on any atom is 0.416 e. The Labute approximate surface area is 266 Å². The predicted molar refractivity (Wildman–Crippen MR) is 176 cm³/mol. The summed E-state index contributed by atoms with van der Waals surface area (Å²) in [4.78, 5) is 20.3. The Bertz CT molecular complexity index is 1830. The first kappa shape index (κ1) is 30.6. The number of rotatable bonds is 6. The quantitative estimate of drug-likeness (QED) is 0.108. The molecular formula is C39H31F3N2O2. The molecule has 4 nitrogen and oxygen atoms in total. The normalized spacial score (nSPS) is 15.1. The van der Waals surface area contributed by atoms with Gasteiger partial charge in [0.05, 0.1) is 11.3 Å². The molecule has 0 aromatic heterocycles. The van der Waals surface area contributed by atoms with Gasteiger partial charge in [0, 0.05) is 11.1 Å². The van der Waals surface area contributed by atoms with Crippen LogP contribution in [0.3, 0.4) is 0 Å². The maximum atomic E-state index is 13.7. The Balaban J connectivity index is 1.70. The maximum absolute atomic E-state index is 13.7. The molecule has 6 rings (SSSR count). The minimum Gasteiger partial charge on any atom is -0.447 e. The van der Waals surface area contributed by atoms with Gasteiger partial charge in [0.1, 0.15) is 18.5 Å². The Hall–Kier alpha value is -5.43. The Morgan fingerprint density at radius 1 is 0.696 bits per heavy atom. The zero-order valence-corrected chi connectivity index (χ0v) is 25.3. The fourth-order valence-corrected chi connectivity index (χ4v) is 5.54. The van der Waals surface area contributed by atoms with E-state index in [1.54, 1.807) is 0 Å². The molecule has 1 fully saturated rings. The third-order valence-electron chi connectivity index (χ3n) is 7.93. The molecule has 5 aromatic rings. The van der Waals surface area contributed by atoms with Gasteiger partial charge in [-0.1, -0.05) is 120 Å². The number of cyclic esters (lactones) is 1. The molecule has 1 saturated heterocycles. The van der Waals surface area contributed by atoms with Crippen LogP contribution in [0.2, 0.25) is 0 Å². The minimum absolute atomic E-state index is 0.0847. The van der Waals surface area contributed by atoms with Crippen LogP contribution in [0, 0.1) is 13.8 Å². The highest BCUT2D eigenvalue weighted by Crippen LogP contribution is 2.40. The number of amidine groups is 1. The molecule has 1 heterocycles. The first-order valence-corrected chi connectivity index (χ1v) is 14.9. The lowest BCUT2D eigenvalue weighted by Gasteiger charge is -2.28. The second kappa shape index (κ2) is 12.9. The van der Waals surface area contributed by atoms with Gasteiger partial charge in [-0.2, -0.15) is 13.2 Å². The zero-order chi connectivity index (χ0) is 32.3. The average Bonchev–Trinajstić information content (AvgIpc) is 3.45. The molecule has 46 heavy (non-hydrogen) atoms. The first-order valence-electron chi connectivity index (χ1n) is 14.9. The van der Waals surface area contributed by atoms with Crippen LogP contribution >= 0.6 is 0 Å². The summed E-state index contributed by atoms with van der Waals surface area (Å²) in [6, 6.07) is 39.4. The lowest BCUT2D eigenvalue weighted by Crippen LogP contribution is -2.35. The zero-order valence-electron chi connectivity index (χ0n) is 25.3. The van der Waals surface area contributed by atoms with Gasteiger partial charge >= 0.3 is 12.3 Å². The number of hydrogen-bond donors (Lipinski definition) is 0. The first-order chi connectivity index (χ1) is 22.2. The molecule has 0 spiro atoms. The predicted octanol–water partition coefficient (Wildman–Crippen LogP) is 10.2. The highest BCUT2D eigenvalue weighted by atomic mass is 19.4.